The number of rotatable bonds is 7. The van der Waals surface area contributed by atoms with Gasteiger partial charge in [0.25, 0.3) is 0 Å². The summed E-state index contributed by atoms with van der Waals surface area (Å²) in [6.07, 6.45) is 12.2. The fraction of sp³-hybridized carbons (Fsp3) is 0.413. The van der Waals surface area contributed by atoms with Crippen molar-refractivity contribution in [3.63, 3.8) is 0 Å². The molecular formula is C92H118F6Ir2N4Os2-4. The first-order valence-electron chi connectivity index (χ1n) is 34.7. The Morgan fingerprint density at radius 1 is 0.349 bits per heavy atom. The molecule has 4 saturated carbocycles. The van der Waals surface area contributed by atoms with E-state index in [1.807, 2.05) is 24.5 Å². The van der Waals surface area contributed by atoms with Gasteiger partial charge in [-0.1, -0.05) is 209 Å². The van der Waals surface area contributed by atoms with Crippen LogP contribution in [0.25, 0.3) is 56.2 Å². The van der Waals surface area contributed by atoms with Gasteiger partial charge in [-0.3, -0.25) is 26.3 Å². The average molecular weight is 2160 g/mol. The standard InChI is InChI=1S/C28H31FN.C16H15FN.2C11H6F2N.2C10H20.2CH4.4CH3.2Ir.2Os/c1-16-13-24(28-20(5)18(3)19(4)21(28)6)14-17(2)27(16)23-9-12-26(30-15-23)22-7-10-25(29)11-8-22;17-15-8-5-13(6-9-15)16-10-7-14(11-18-16)12-3-1-2-4-12;2*12-8-4-5-9(10(13)7-8)11-3-1-2-6-14-11;2*1-6-7(2)9(4)10(5)8(6)3;;;;;;;;;;/h7,9-15,18-21,28H,1-6H3;5,7-12H,1-4H2;2*1-4,6-7H;2*6-10H,1-5H3;2*1H4;4*1H3;;;;/q4*-1;;;;;4*-1;;;2*+2. The van der Waals surface area contributed by atoms with Crippen molar-refractivity contribution >= 4 is 0 Å². The molecule has 4 unspecified atom stereocenters. The first-order chi connectivity index (χ1) is 45.7. The fourth-order valence-electron chi connectivity index (χ4n) is 15.3. The van der Waals surface area contributed by atoms with Crippen LogP contribution in [0.2, 0.25) is 0 Å². The van der Waals surface area contributed by atoms with Gasteiger partial charge in [0.2, 0.25) is 0 Å². The van der Waals surface area contributed by atoms with Gasteiger partial charge in [0.15, 0.2) is 0 Å². The largest absolute Gasteiger partial charge is 2.00 e. The van der Waals surface area contributed by atoms with Gasteiger partial charge in [-0.2, -0.15) is 0 Å². The van der Waals surface area contributed by atoms with Gasteiger partial charge in [-0.15, -0.1) is 83.9 Å². The summed E-state index contributed by atoms with van der Waals surface area (Å²) >= 11 is 0. The van der Waals surface area contributed by atoms with Crippen LogP contribution in [-0.2, 0) is 79.8 Å². The number of nitrogens with zero attached hydrogens (tertiary/aromatic N) is 4. The number of aromatic nitrogens is 4. The predicted octanol–water partition coefficient (Wildman–Crippen LogP) is 27.0. The topological polar surface area (TPSA) is 51.6 Å². The van der Waals surface area contributed by atoms with Crippen LogP contribution in [0, 0.1) is 186 Å². The van der Waals surface area contributed by atoms with E-state index in [1.165, 1.54) is 77.8 Å². The van der Waals surface area contributed by atoms with Gasteiger partial charge in [-0.25, -0.2) is 0 Å². The molecule has 4 atom stereocenters. The molecule has 4 aliphatic rings. The molecule has 106 heavy (non-hydrogen) atoms. The Kier molecular flexibility index (Phi) is 48.7. The van der Waals surface area contributed by atoms with E-state index in [0.29, 0.717) is 35.1 Å². The molecule has 0 bridgehead atoms. The molecule has 0 amide bonds. The molecule has 9 aromatic rings. The average Bonchev–Trinajstić information content (AvgIpc) is 1.56. The summed E-state index contributed by atoms with van der Waals surface area (Å²) in [5, 5.41) is 0. The van der Waals surface area contributed by atoms with Gasteiger partial charge in [-0.05, 0) is 190 Å². The van der Waals surface area contributed by atoms with Crippen molar-refractivity contribution in [2.24, 2.45) is 82.9 Å². The van der Waals surface area contributed by atoms with Gasteiger partial charge < -0.3 is 49.6 Å². The SMILES string of the molecule is C.C.CC1C(C)C(C)C(C)C1C.CC1C(C)C(C)C(C)C1C.Cc1cc(C2C(C)C(C)C(C)C2C)cc(C)c1-c1ccc(-c2[c-]cc(F)cc2)nc1.Fc1c[c-]c(-c2ccc(C3CCCC3)cn2)cc1.Fc1c[c-]c(-c2ccccn2)c(F)c1.Fc1c[c-]c(-c2ccccn2)c(F)c1.[CH3-].[CH3-].[CH3-].[CH3-].[Ir].[Ir].[Os+2].[Os+2]. The third-order valence-electron chi connectivity index (χ3n) is 23.2. The fourth-order valence-corrected chi connectivity index (χ4v) is 15.3. The number of aryl methyl sites for hydroxylation is 2. The summed E-state index contributed by atoms with van der Waals surface area (Å²) in [5.74, 6) is 10.5. The molecule has 0 spiro atoms. The van der Waals surface area contributed by atoms with Crippen molar-refractivity contribution in [2.75, 3.05) is 0 Å². The van der Waals surface area contributed by atoms with Crippen LogP contribution < -0.4 is 0 Å². The summed E-state index contributed by atoms with van der Waals surface area (Å²) in [5.41, 5.74) is 12.4. The van der Waals surface area contributed by atoms with E-state index in [-0.39, 0.29) is 147 Å². The minimum absolute atomic E-state index is 0. The van der Waals surface area contributed by atoms with Gasteiger partial charge in [0, 0.05) is 99.9 Å². The predicted molar refractivity (Wildman–Crippen MR) is 420 cm³/mol. The molecule has 0 aliphatic heterocycles. The molecular weight excluding hydrogens is 2040 g/mol. The summed E-state index contributed by atoms with van der Waals surface area (Å²) in [4.78, 5) is 17.0. The molecule has 4 aliphatic carbocycles. The number of pyridine rings is 4. The summed E-state index contributed by atoms with van der Waals surface area (Å²) < 4.78 is 77.6. The Hall–Kier alpha value is -5.15. The Labute approximate surface area is 691 Å². The maximum absolute atomic E-state index is 13.2. The number of halogens is 6. The van der Waals surface area contributed by atoms with Crippen LogP contribution in [-0.4, -0.2) is 19.9 Å². The van der Waals surface area contributed by atoms with Crippen LogP contribution in [0.5, 0.6) is 0 Å². The van der Waals surface area contributed by atoms with E-state index >= 15 is 0 Å². The van der Waals surface area contributed by atoms with Gasteiger partial charge in [0.05, 0.1) is 0 Å². The molecule has 5 aromatic carbocycles. The van der Waals surface area contributed by atoms with E-state index in [4.69, 9.17) is 0 Å². The Morgan fingerprint density at radius 2 is 0.689 bits per heavy atom. The molecule has 586 valence electrons. The van der Waals surface area contributed by atoms with Crippen LogP contribution >= 0.6 is 0 Å². The van der Waals surface area contributed by atoms with Crippen molar-refractivity contribution in [1.82, 2.24) is 19.9 Å². The monoisotopic (exact) mass is 2160 g/mol. The smallest absolute Gasteiger partial charge is 0.358 e. The molecule has 13 rings (SSSR count). The maximum atomic E-state index is 13.2. The molecule has 14 heteroatoms. The third kappa shape index (κ3) is 26.8. The minimum atomic E-state index is -0.649. The molecule has 4 aromatic heterocycles. The number of benzene rings is 5. The summed E-state index contributed by atoms with van der Waals surface area (Å²) in [7, 11) is 0. The quantitative estimate of drug-likeness (QED) is 0.118. The Balaban J connectivity index is -0.00000123. The van der Waals surface area contributed by atoms with Crippen molar-refractivity contribution in [2.45, 2.75) is 163 Å². The van der Waals surface area contributed by atoms with E-state index in [9.17, 15) is 26.3 Å². The second-order valence-corrected chi connectivity index (χ2v) is 28.3. The Morgan fingerprint density at radius 3 is 0.981 bits per heavy atom. The summed E-state index contributed by atoms with van der Waals surface area (Å²) in [6.45, 7) is 38.1. The molecule has 2 radical (unpaired) electrons. The normalized spacial score (nSPS) is 23.3. The van der Waals surface area contributed by atoms with Gasteiger partial charge >= 0.3 is 39.6 Å². The first kappa shape index (κ1) is 105. The summed E-state index contributed by atoms with van der Waals surface area (Å²) in [6, 6.07) is 47.0. The van der Waals surface area contributed by atoms with E-state index in [1.54, 1.807) is 60.9 Å². The van der Waals surface area contributed by atoms with Gasteiger partial charge in [0.1, 0.15) is 0 Å². The van der Waals surface area contributed by atoms with Crippen LogP contribution in [0.1, 0.15) is 172 Å². The molecule has 4 nitrogen and oxygen atoms in total. The molecule has 4 fully saturated rings. The van der Waals surface area contributed by atoms with Crippen LogP contribution in [0.3, 0.4) is 0 Å². The molecule has 0 saturated heterocycles. The van der Waals surface area contributed by atoms with Crippen molar-refractivity contribution in [3.05, 3.63) is 269 Å². The van der Waals surface area contributed by atoms with Crippen molar-refractivity contribution < 1.29 is 106 Å². The molecule has 4 heterocycles. The zero-order valence-electron chi connectivity index (χ0n) is 64.5. The Bertz CT molecular complexity index is 3640. The van der Waals surface area contributed by atoms with Crippen molar-refractivity contribution in [1.29, 1.82) is 0 Å². The number of hydrogen-bond donors (Lipinski definition) is 0. The van der Waals surface area contributed by atoms with E-state index < -0.39 is 23.3 Å². The van der Waals surface area contributed by atoms with E-state index in [0.717, 1.165) is 123 Å². The second-order valence-electron chi connectivity index (χ2n) is 28.3. The zero-order valence-corrected chi connectivity index (χ0v) is 74.4. The second kappa shape index (κ2) is 49.2. The minimum Gasteiger partial charge on any atom is -0.358 e. The first-order valence-corrected chi connectivity index (χ1v) is 34.7. The number of hydrogen-bond acceptors (Lipinski definition) is 4. The molecule has 0 N–H and O–H groups in total. The van der Waals surface area contributed by atoms with Crippen LogP contribution in [0.15, 0.2) is 158 Å². The van der Waals surface area contributed by atoms with Crippen LogP contribution in [0.4, 0.5) is 26.3 Å². The third-order valence-corrected chi connectivity index (χ3v) is 23.2. The van der Waals surface area contributed by atoms with Crippen molar-refractivity contribution in [3.8, 4) is 56.2 Å². The van der Waals surface area contributed by atoms with E-state index in [2.05, 4.69) is 179 Å². The maximum Gasteiger partial charge on any atom is 2.00 e. The zero-order chi connectivity index (χ0) is 69.7.